The molecule has 0 aliphatic carbocycles. The van der Waals surface area contributed by atoms with Crippen LogP contribution in [0.2, 0.25) is 0 Å². The van der Waals surface area contributed by atoms with Crippen LogP contribution in [0, 0.1) is 0 Å². The maximum absolute atomic E-state index is 4.35. The van der Waals surface area contributed by atoms with Crippen LogP contribution in [0.4, 0.5) is 0 Å². The molecular weight excluding hydrogens is 365 g/mol. The summed E-state index contributed by atoms with van der Waals surface area (Å²) in [6, 6.07) is 2.07. The fraction of sp³-hybridized carbons (Fsp3) is 0.417. The number of hydrogen-bond acceptors (Lipinski definition) is 4. The van der Waals surface area contributed by atoms with Crippen LogP contribution in [0.5, 0.6) is 0 Å². The van der Waals surface area contributed by atoms with Crippen LogP contribution in [-0.4, -0.2) is 32.8 Å². The van der Waals surface area contributed by atoms with E-state index in [2.05, 4.69) is 42.4 Å². The van der Waals surface area contributed by atoms with E-state index >= 15 is 0 Å². The molecule has 2 aromatic rings. The summed E-state index contributed by atoms with van der Waals surface area (Å²) in [5.74, 6) is 1.18. The summed E-state index contributed by atoms with van der Waals surface area (Å²) < 4.78 is 2.73. The smallest absolute Gasteiger partial charge is 0.250 e. The van der Waals surface area contributed by atoms with E-state index in [0.717, 1.165) is 30.4 Å². The lowest BCUT2D eigenvalue weighted by atomic mass is 9.95. The van der Waals surface area contributed by atoms with Gasteiger partial charge in [0.05, 0.1) is 10.2 Å². The maximum Gasteiger partial charge on any atom is 0.250 e. The first-order valence-corrected chi connectivity index (χ1v) is 6.86. The molecule has 1 aliphatic heterocycles. The second kappa shape index (κ2) is 7.93. The second-order valence-corrected chi connectivity index (χ2v) is 5.31. The van der Waals surface area contributed by atoms with Gasteiger partial charge in [-0.3, -0.25) is 0 Å². The Morgan fingerprint density at radius 1 is 1.15 bits per heavy atom. The van der Waals surface area contributed by atoms with Gasteiger partial charge in [-0.15, -0.1) is 24.8 Å². The zero-order valence-corrected chi connectivity index (χ0v) is 13.9. The molecule has 8 heteroatoms. The summed E-state index contributed by atoms with van der Waals surface area (Å²) in [7, 11) is 0. The van der Waals surface area contributed by atoms with E-state index in [0.29, 0.717) is 11.9 Å². The number of nitrogens with one attached hydrogen (secondary N) is 1. The molecule has 0 spiro atoms. The highest BCUT2D eigenvalue weighted by Gasteiger charge is 2.20. The SMILES string of the molecule is Brc1cnc(-n2nccc2C2CCNCC2)nc1.Cl.Cl. The Bertz CT molecular complexity index is 525. The maximum atomic E-state index is 4.35. The van der Waals surface area contributed by atoms with Gasteiger partial charge >= 0.3 is 0 Å². The van der Waals surface area contributed by atoms with E-state index in [4.69, 9.17) is 0 Å². The summed E-state index contributed by atoms with van der Waals surface area (Å²) in [5, 5.41) is 7.72. The Balaban J connectivity index is 0.000001000. The Kier molecular flexibility index (Phi) is 6.88. The molecule has 0 bridgehead atoms. The van der Waals surface area contributed by atoms with Crippen molar-refractivity contribution >= 4 is 40.7 Å². The predicted molar refractivity (Wildman–Crippen MR) is 86.2 cm³/mol. The van der Waals surface area contributed by atoms with Crippen LogP contribution < -0.4 is 5.32 Å². The van der Waals surface area contributed by atoms with Crippen molar-refractivity contribution in [3.8, 4) is 5.95 Å². The van der Waals surface area contributed by atoms with Crippen LogP contribution in [0.15, 0.2) is 29.1 Å². The molecule has 3 rings (SSSR count). The molecule has 0 atom stereocenters. The van der Waals surface area contributed by atoms with Gasteiger partial charge in [0.15, 0.2) is 0 Å². The van der Waals surface area contributed by atoms with Gasteiger partial charge in [-0.25, -0.2) is 14.6 Å². The van der Waals surface area contributed by atoms with Gasteiger partial charge in [0.1, 0.15) is 0 Å². The zero-order chi connectivity index (χ0) is 12.4. The molecule has 110 valence electrons. The second-order valence-electron chi connectivity index (χ2n) is 4.39. The molecule has 0 unspecified atom stereocenters. The molecule has 1 aliphatic rings. The van der Waals surface area contributed by atoms with Crippen molar-refractivity contribution < 1.29 is 0 Å². The Morgan fingerprint density at radius 2 is 1.80 bits per heavy atom. The first-order valence-electron chi connectivity index (χ1n) is 6.07. The van der Waals surface area contributed by atoms with Crippen LogP contribution in [-0.2, 0) is 0 Å². The Labute approximate surface area is 138 Å². The van der Waals surface area contributed by atoms with Crippen molar-refractivity contribution in [1.82, 2.24) is 25.1 Å². The highest BCUT2D eigenvalue weighted by atomic mass is 79.9. The molecule has 2 aromatic heterocycles. The number of piperidine rings is 1. The van der Waals surface area contributed by atoms with Crippen LogP contribution in [0.25, 0.3) is 5.95 Å². The normalized spacial score (nSPS) is 15.2. The minimum atomic E-state index is 0. The summed E-state index contributed by atoms with van der Waals surface area (Å²) in [5.41, 5.74) is 1.21. The van der Waals surface area contributed by atoms with Crippen LogP contribution in [0.1, 0.15) is 24.5 Å². The van der Waals surface area contributed by atoms with E-state index < -0.39 is 0 Å². The first kappa shape index (κ1) is 17.4. The lowest BCUT2D eigenvalue weighted by molar-refractivity contribution is 0.444. The average molecular weight is 381 g/mol. The van der Waals surface area contributed by atoms with Crippen molar-refractivity contribution in [2.75, 3.05) is 13.1 Å². The predicted octanol–water partition coefficient (Wildman–Crippen LogP) is 2.74. The highest BCUT2D eigenvalue weighted by molar-refractivity contribution is 9.10. The highest BCUT2D eigenvalue weighted by Crippen LogP contribution is 2.25. The van der Waals surface area contributed by atoms with Crippen molar-refractivity contribution in [1.29, 1.82) is 0 Å². The molecule has 1 N–H and O–H groups in total. The van der Waals surface area contributed by atoms with Crippen molar-refractivity contribution in [2.24, 2.45) is 0 Å². The number of nitrogens with zero attached hydrogens (tertiary/aromatic N) is 4. The zero-order valence-electron chi connectivity index (χ0n) is 10.7. The average Bonchev–Trinajstić information content (AvgIpc) is 2.90. The van der Waals surface area contributed by atoms with Crippen molar-refractivity contribution in [2.45, 2.75) is 18.8 Å². The molecule has 0 radical (unpaired) electrons. The van der Waals surface area contributed by atoms with Crippen LogP contribution in [0.3, 0.4) is 0 Å². The number of rotatable bonds is 2. The summed E-state index contributed by atoms with van der Waals surface area (Å²) >= 11 is 3.34. The fourth-order valence-corrected chi connectivity index (χ4v) is 2.53. The number of halogens is 3. The quantitative estimate of drug-likeness (QED) is 0.870. The van der Waals surface area contributed by atoms with E-state index in [1.807, 2.05) is 10.9 Å². The van der Waals surface area contributed by atoms with E-state index in [9.17, 15) is 0 Å². The van der Waals surface area contributed by atoms with Gasteiger partial charge in [0, 0.05) is 24.5 Å². The topological polar surface area (TPSA) is 55.6 Å². The summed E-state index contributed by atoms with van der Waals surface area (Å²) in [6.07, 6.45) is 7.60. The van der Waals surface area contributed by atoms with Gasteiger partial charge in [0.25, 0.3) is 5.95 Å². The Hall–Kier alpha value is -0.690. The largest absolute Gasteiger partial charge is 0.317 e. The summed E-state index contributed by atoms with van der Waals surface area (Å²) in [4.78, 5) is 8.61. The van der Waals surface area contributed by atoms with Gasteiger partial charge in [-0.05, 0) is 47.9 Å². The standard InChI is InChI=1S/C12H14BrN5.2ClH/c13-10-7-15-12(16-8-10)18-11(3-6-17-18)9-1-4-14-5-2-9;;/h3,6-9,14H,1-2,4-5H2;2*1H. The fourth-order valence-electron chi connectivity index (χ4n) is 2.32. The molecule has 20 heavy (non-hydrogen) atoms. The van der Waals surface area contributed by atoms with Crippen molar-refractivity contribution in [3.05, 3.63) is 34.8 Å². The lowest BCUT2D eigenvalue weighted by Crippen LogP contribution is -2.27. The van der Waals surface area contributed by atoms with Crippen LogP contribution >= 0.6 is 40.7 Å². The minimum Gasteiger partial charge on any atom is -0.317 e. The third kappa shape index (κ3) is 3.69. The molecular formula is C12H16BrCl2N5. The molecule has 5 nitrogen and oxygen atoms in total. The first-order chi connectivity index (χ1) is 8.84. The molecule has 1 saturated heterocycles. The van der Waals surface area contributed by atoms with E-state index in [1.54, 1.807) is 12.4 Å². The van der Waals surface area contributed by atoms with E-state index in [-0.39, 0.29) is 24.8 Å². The van der Waals surface area contributed by atoms with E-state index in [1.165, 1.54) is 5.69 Å². The number of hydrogen-bond donors (Lipinski definition) is 1. The molecule has 0 aromatic carbocycles. The Morgan fingerprint density at radius 3 is 2.45 bits per heavy atom. The van der Waals surface area contributed by atoms with Gasteiger partial charge in [0.2, 0.25) is 0 Å². The molecule has 3 heterocycles. The van der Waals surface area contributed by atoms with Gasteiger partial charge in [-0.1, -0.05) is 0 Å². The van der Waals surface area contributed by atoms with Crippen molar-refractivity contribution in [3.63, 3.8) is 0 Å². The van der Waals surface area contributed by atoms with Gasteiger partial charge < -0.3 is 5.32 Å². The molecule has 0 amide bonds. The molecule has 1 fully saturated rings. The third-order valence-electron chi connectivity index (χ3n) is 3.23. The summed E-state index contributed by atoms with van der Waals surface area (Å²) in [6.45, 7) is 2.13. The minimum absolute atomic E-state index is 0. The molecule has 0 saturated carbocycles. The third-order valence-corrected chi connectivity index (χ3v) is 3.64. The van der Waals surface area contributed by atoms with Gasteiger partial charge in [-0.2, -0.15) is 5.10 Å². The monoisotopic (exact) mass is 379 g/mol. The number of aromatic nitrogens is 4. The lowest BCUT2D eigenvalue weighted by Gasteiger charge is -2.22.